The Balaban J connectivity index is 1.40. The monoisotopic (exact) mass is 498 g/mol. The van der Waals surface area contributed by atoms with Crippen LogP contribution in [0.25, 0.3) is 21.9 Å². The second kappa shape index (κ2) is 9.89. The molecule has 3 aromatic rings. The third-order valence-corrected chi connectivity index (χ3v) is 9.40. The average molecular weight is 499 g/mol. The maximum absolute atomic E-state index is 11.3. The SMILES string of the molecule is CCOC(CCc1cc2ccc(-c3ccc(C(=O)O)cc3)cc2cc1C12CC3CC(CC(C3)C1)C2)OC. The Bertz CT molecular complexity index is 1260. The van der Waals surface area contributed by atoms with Crippen LogP contribution in [0.3, 0.4) is 0 Å². The Labute approximate surface area is 220 Å². The van der Waals surface area contributed by atoms with E-state index in [1.807, 2.05) is 19.1 Å². The van der Waals surface area contributed by atoms with Gasteiger partial charge in [-0.25, -0.2) is 4.79 Å². The molecule has 4 heteroatoms. The second-order valence-electron chi connectivity index (χ2n) is 11.8. The van der Waals surface area contributed by atoms with Crippen molar-refractivity contribution in [2.45, 2.75) is 70.0 Å². The van der Waals surface area contributed by atoms with Gasteiger partial charge < -0.3 is 14.6 Å². The van der Waals surface area contributed by atoms with Crippen molar-refractivity contribution in [2.24, 2.45) is 17.8 Å². The second-order valence-corrected chi connectivity index (χ2v) is 11.8. The molecule has 4 fully saturated rings. The van der Waals surface area contributed by atoms with Crippen molar-refractivity contribution in [2.75, 3.05) is 13.7 Å². The highest BCUT2D eigenvalue weighted by molar-refractivity contribution is 5.91. The minimum atomic E-state index is -0.891. The minimum Gasteiger partial charge on any atom is -0.478 e. The standard InChI is InChI=1S/C33H38O4/c1-3-37-31(36-2)11-10-28-15-27-9-8-26(24-4-6-25(7-5-24)32(34)35)16-29(27)17-30(28)33-18-21-12-22(19-33)14-23(13-21)20-33/h4-9,15-17,21-23,31H,3,10-14,18-20H2,1-2H3,(H,34,35). The molecule has 1 atom stereocenters. The van der Waals surface area contributed by atoms with Gasteiger partial charge in [-0.1, -0.05) is 36.4 Å². The van der Waals surface area contributed by atoms with Gasteiger partial charge in [0.25, 0.3) is 0 Å². The van der Waals surface area contributed by atoms with Crippen LogP contribution in [0, 0.1) is 17.8 Å². The topological polar surface area (TPSA) is 55.8 Å². The van der Waals surface area contributed by atoms with Crippen LogP contribution in [0.1, 0.15) is 73.4 Å². The van der Waals surface area contributed by atoms with E-state index in [0.29, 0.717) is 17.6 Å². The zero-order valence-electron chi connectivity index (χ0n) is 22.0. The van der Waals surface area contributed by atoms with E-state index < -0.39 is 5.97 Å². The summed E-state index contributed by atoms with van der Waals surface area (Å²) in [5.74, 6) is 1.79. The van der Waals surface area contributed by atoms with E-state index in [9.17, 15) is 9.90 Å². The normalized spacial score (nSPS) is 27.0. The van der Waals surface area contributed by atoms with Crippen LogP contribution >= 0.6 is 0 Å². The summed E-state index contributed by atoms with van der Waals surface area (Å²) in [5.41, 5.74) is 5.85. The molecule has 0 aromatic heterocycles. The third kappa shape index (κ3) is 4.70. The van der Waals surface area contributed by atoms with Gasteiger partial charge in [0.15, 0.2) is 6.29 Å². The molecule has 7 rings (SSSR count). The van der Waals surface area contributed by atoms with Gasteiger partial charge in [-0.15, -0.1) is 0 Å². The van der Waals surface area contributed by atoms with E-state index in [1.165, 1.54) is 54.9 Å². The fourth-order valence-corrected chi connectivity index (χ4v) is 8.20. The summed E-state index contributed by atoms with van der Waals surface area (Å²) < 4.78 is 11.4. The summed E-state index contributed by atoms with van der Waals surface area (Å²) in [6.07, 6.45) is 10.00. The molecule has 0 amide bonds. The molecule has 37 heavy (non-hydrogen) atoms. The van der Waals surface area contributed by atoms with Crippen molar-refractivity contribution < 1.29 is 19.4 Å². The highest BCUT2D eigenvalue weighted by atomic mass is 16.7. The van der Waals surface area contributed by atoms with Gasteiger partial charge in [-0.05, 0) is 126 Å². The van der Waals surface area contributed by atoms with Crippen LogP contribution in [0.2, 0.25) is 0 Å². The molecule has 0 spiro atoms. The lowest BCUT2D eigenvalue weighted by atomic mass is 9.47. The Morgan fingerprint density at radius 2 is 1.57 bits per heavy atom. The Morgan fingerprint density at radius 1 is 0.919 bits per heavy atom. The predicted octanol–water partition coefficient (Wildman–Crippen LogP) is 7.61. The Hall–Kier alpha value is -2.69. The number of ether oxygens (including phenoxy) is 2. The molecule has 4 bridgehead atoms. The molecule has 4 nitrogen and oxygen atoms in total. The number of rotatable bonds is 9. The Morgan fingerprint density at radius 3 is 2.16 bits per heavy atom. The Kier molecular flexibility index (Phi) is 6.58. The van der Waals surface area contributed by atoms with E-state index >= 15 is 0 Å². The summed E-state index contributed by atoms with van der Waals surface area (Å²) in [6, 6.07) is 18.8. The number of fused-ring (bicyclic) bond motifs is 1. The molecule has 0 radical (unpaired) electrons. The number of benzene rings is 3. The van der Waals surface area contributed by atoms with E-state index in [-0.39, 0.29) is 6.29 Å². The summed E-state index contributed by atoms with van der Waals surface area (Å²) in [6.45, 7) is 2.68. The molecule has 4 aliphatic rings. The van der Waals surface area contributed by atoms with Crippen molar-refractivity contribution in [1.29, 1.82) is 0 Å². The highest BCUT2D eigenvalue weighted by Gasteiger charge is 2.52. The van der Waals surface area contributed by atoms with Crippen molar-refractivity contribution in [1.82, 2.24) is 0 Å². The number of methoxy groups -OCH3 is 1. The number of hydrogen-bond acceptors (Lipinski definition) is 3. The van der Waals surface area contributed by atoms with Crippen LogP contribution in [0.15, 0.2) is 54.6 Å². The van der Waals surface area contributed by atoms with E-state index in [2.05, 4.69) is 30.3 Å². The zero-order valence-corrected chi connectivity index (χ0v) is 22.0. The van der Waals surface area contributed by atoms with E-state index in [4.69, 9.17) is 9.47 Å². The van der Waals surface area contributed by atoms with Crippen LogP contribution in [-0.2, 0) is 21.3 Å². The quantitative estimate of drug-likeness (QED) is 0.308. The third-order valence-electron chi connectivity index (χ3n) is 9.40. The fraction of sp³-hybridized carbons (Fsp3) is 0.485. The number of aryl methyl sites for hydroxylation is 1. The predicted molar refractivity (Wildman–Crippen MR) is 147 cm³/mol. The van der Waals surface area contributed by atoms with Crippen LogP contribution < -0.4 is 0 Å². The summed E-state index contributed by atoms with van der Waals surface area (Å²) in [7, 11) is 1.74. The van der Waals surface area contributed by atoms with Crippen molar-refractivity contribution in [3.05, 3.63) is 71.3 Å². The largest absolute Gasteiger partial charge is 0.478 e. The molecular formula is C33H38O4. The lowest BCUT2D eigenvalue weighted by Gasteiger charge is -2.57. The van der Waals surface area contributed by atoms with Gasteiger partial charge in [-0.3, -0.25) is 0 Å². The van der Waals surface area contributed by atoms with Crippen LogP contribution in [0.4, 0.5) is 0 Å². The van der Waals surface area contributed by atoms with Gasteiger partial charge in [0.2, 0.25) is 0 Å². The molecule has 0 saturated heterocycles. The van der Waals surface area contributed by atoms with E-state index in [1.54, 1.807) is 24.8 Å². The average Bonchev–Trinajstić information content (AvgIpc) is 2.89. The van der Waals surface area contributed by atoms with Crippen molar-refractivity contribution in [3.8, 4) is 11.1 Å². The van der Waals surface area contributed by atoms with E-state index in [0.717, 1.165) is 41.7 Å². The first kappa shape index (κ1) is 24.6. The summed E-state index contributed by atoms with van der Waals surface area (Å²) in [5, 5.41) is 11.8. The lowest BCUT2D eigenvalue weighted by molar-refractivity contribution is -0.123. The minimum absolute atomic E-state index is 0.166. The fourth-order valence-electron chi connectivity index (χ4n) is 8.20. The van der Waals surface area contributed by atoms with Crippen LogP contribution in [0.5, 0.6) is 0 Å². The molecule has 1 unspecified atom stereocenters. The molecule has 194 valence electrons. The maximum Gasteiger partial charge on any atom is 0.335 e. The van der Waals surface area contributed by atoms with Gasteiger partial charge in [0.1, 0.15) is 0 Å². The number of aromatic carboxylic acids is 1. The van der Waals surface area contributed by atoms with Gasteiger partial charge in [0, 0.05) is 20.1 Å². The zero-order chi connectivity index (χ0) is 25.6. The maximum atomic E-state index is 11.3. The van der Waals surface area contributed by atoms with Crippen molar-refractivity contribution in [3.63, 3.8) is 0 Å². The lowest BCUT2D eigenvalue weighted by Crippen LogP contribution is -2.49. The first-order chi connectivity index (χ1) is 18.0. The van der Waals surface area contributed by atoms with Crippen molar-refractivity contribution >= 4 is 16.7 Å². The van der Waals surface area contributed by atoms with Gasteiger partial charge in [0.05, 0.1) is 5.56 Å². The summed E-state index contributed by atoms with van der Waals surface area (Å²) in [4.78, 5) is 11.3. The first-order valence-corrected chi connectivity index (χ1v) is 14.0. The number of carbonyl (C=O) groups is 1. The molecule has 4 aliphatic carbocycles. The van der Waals surface area contributed by atoms with Crippen LogP contribution in [-0.4, -0.2) is 31.1 Å². The van der Waals surface area contributed by atoms with Gasteiger partial charge >= 0.3 is 5.97 Å². The smallest absolute Gasteiger partial charge is 0.335 e. The highest BCUT2D eigenvalue weighted by Crippen LogP contribution is 2.61. The number of carboxylic acid groups (broad SMARTS) is 1. The molecule has 4 saturated carbocycles. The molecule has 0 aliphatic heterocycles. The van der Waals surface area contributed by atoms with Gasteiger partial charge in [-0.2, -0.15) is 0 Å². The molecule has 0 heterocycles. The molecule has 1 N–H and O–H groups in total. The molecule has 3 aromatic carbocycles. The molecular weight excluding hydrogens is 460 g/mol. The first-order valence-electron chi connectivity index (χ1n) is 14.0. The number of carboxylic acids is 1. The number of hydrogen-bond donors (Lipinski definition) is 1. The summed E-state index contributed by atoms with van der Waals surface area (Å²) >= 11 is 0.